The monoisotopic (exact) mass is 262 g/mol. The van der Waals surface area contributed by atoms with Crippen LogP contribution < -0.4 is 15.8 Å². The summed E-state index contributed by atoms with van der Waals surface area (Å²) in [6.45, 7) is 4.23. The Balaban J connectivity index is 2.40. The molecule has 0 bridgehead atoms. The Labute approximate surface area is 114 Å². The van der Waals surface area contributed by atoms with Gasteiger partial charge in [0.15, 0.2) is 0 Å². The van der Waals surface area contributed by atoms with Crippen molar-refractivity contribution >= 4 is 5.91 Å². The highest BCUT2D eigenvalue weighted by Crippen LogP contribution is 2.38. The maximum absolute atomic E-state index is 11.8. The van der Waals surface area contributed by atoms with Crippen LogP contribution in [0.3, 0.4) is 0 Å². The van der Waals surface area contributed by atoms with Crippen molar-refractivity contribution in [2.45, 2.75) is 32.4 Å². The molecule has 1 aliphatic heterocycles. The van der Waals surface area contributed by atoms with Crippen LogP contribution in [0.25, 0.3) is 0 Å². The number of carbonyl (C=O) groups excluding carboxylic acids is 1. The Kier molecular flexibility index (Phi) is 4.10. The molecule has 1 amide bonds. The predicted octanol–water partition coefficient (Wildman–Crippen LogP) is 1.86. The fraction of sp³-hybridized carbons (Fsp3) is 0.533. The highest BCUT2D eigenvalue weighted by atomic mass is 16.5. The summed E-state index contributed by atoms with van der Waals surface area (Å²) in [6.07, 6.45) is 0.958. The van der Waals surface area contributed by atoms with E-state index in [4.69, 9.17) is 10.5 Å². The lowest BCUT2D eigenvalue weighted by atomic mass is 9.76. The lowest BCUT2D eigenvalue weighted by Crippen LogP contribution is -2.49. The van der Waals surface area contributed by atoms with Crippen LogP contribution in [0, 0.1) is 11.8 Å². The zero-order chi connectivity index (χ0) is 14.0. The number of para-hydroxylation sites is 1. The lowest BCUT2D eigenvalue weighted by molar-refractivity contribution is -0.125. The number of ether oxygens (including phenoxy) is 1. The Bertz CT molecular complexity index is 461. The van der Waals surface area contributed by atoms with Gasteiger partial charge in [0.05, 0.1) is 13.0 Å². The lowest BCUT2D eigenvalue weighted by Gasteiger charge is -2.39. The van der Waals surface area contributed by atoms with Crippen molar-refractivity contribution in [1.29, 1.82) is 0 Å². The molecular weight excluding hydrogens is 240 g/mol. The predicted molar refractivity (Wildman–Crippen MR) is 74.8 cm³/mol. The largest absolute Gasteiger partial charge is 0.496 e. The van der Waals surface area contributed by atoms with Gasteiger partial charge in [-0.1, -0.05) is 25.1 Å². The van der Waals surface area contributed by atoms with Crippen LogP contribution in [0.4, 0.5) is 0 Å². The SMILES string of the molecule is COc1ccccc1C1NC(C)CC(C)C1C(N)=O. The standard InChI is InChI=1S/C15H22N2O2/c1-9-8-10(2)17-14(13(9)15(16)18)11-6-4-5-7-12(11)19-3/h4-7,9-10,13-14,17H,8H2,1-3H3,(H2,16,18). The molecule has 1 aromatic carbocycles. The summed E-state index contributed by atoms with van der Waals surface area (Å²) in [5.74, 6) is 0.617. The van der Waals surface area contributed by atoms with Gasteiger partial charge in [0.2, 0.25) is 5.91 Å². The van der Waals surface area contributed by atoms with Crippen molar-refractivity contribution in [2.24, 2.45) is 17.6 Å². The first kappa shape index (κ1) is 13.9. The van der Waals surface area contributed by atoms with E-state index in [2.05, 4.69) is 19.2 Å². The average molecular weight is 262 g/mol. The molecule has 4 atom stereocenters. The molecular formula is C15H22N2O2. The van der Waals surface area contributed by atoms with Gasteiger partial charge >= 0.3 is 0 Å². The Hall–Kier alpha value is -1.55. The number of carbonyl (C=O) groups is 1. The van der Waals surface area contributed by atoms with Gasteiger partial charge in [0.1, 0.15) is 5.75 Å². The fourth-order valence-corrected chi connectivity index (χ4v) is 3.16. The second kappa shape index (κ2) is 5.61. The zero-order valence-corrected chi connectivity index (χ0v) is 11.7. The van der Waals surface area contributed by atoms with E-state index in [-0.39, 0.29) is 23.8 Å². The van der Waals surface area contributed by atoms with E-state index in [1.54, 1.807) is 7.11 Å². The molecule has 1 heterocycles. The van der Waals surface area contributed by atoms with E-state index < -0.39 is 0 Å². The summed E-state index contributed by atoms with van der Waals surface area (Å²) < 4.78 is 5.40. The minimum atomic E-state index is -0.247. The molecule has 0 aliphatic carbocycles. The molecule has 0 spiro atoms. The van der Waals surface area contributed by atoms with Gasteiger partial charge in [-0.2, -0.15) is 0 Å². The third-order valence-electron chi connectivity index (χ3n) is 3.96. The van der Waals surface area contributed by atoms with E-state index in [1.165, 1.54) is 0 Å². The number of methoxy groups -OCH3 is 1. The van der Waals surface area contributed by atoms with E-state index >= 15 is 0 Å². The van der Waals surface area contributed by atoms with Crippen molar-refractivity contribution in [3.8, 4) is 5.75 Å². The van der Waals surface area contributed by atoms with Crippen LogP contribution in [0.1, 0.15) is 31.9 Å². The molecule has 0 saturated carbocycles. The fourth-order valence-electron chi connectivity index (χ4n) is 3.16. The second-order valence-electron chi connectivity index (χ2n) is 5.43. The van der Waals surface area contributed by atoms with E-state index in [9.17, 15) is 4.79 Å². The third-order valence-corrected chi connectivity index (χ3v) is 3.96. The highest BCUT2D eigenvalue weighted by molar-refractivity contribution is 5.78. The smallest absolute Gasteiger partial charge is 0.222 e. The Morgan fingerprint density at radius 3 is 2.68 bits per heavy atom. The first-order valence-electron chi connectivity index (χ1n) is 6.73. The number of primary amides is 1. The quantitative estimate of drug-likeness (QED) is 0.874. The van der Waals surface area contributed by atoms with Gasteiger partial charge < -0.3 is 15.8 Å². The first-order valence-corrected chi connectivity index (χ1v) is 6.73. The number of hydrogen-bond donors (Lipinski definition) is 2. The summed E-state index contributed by atoms with van der Waals surface area (Å²) >= 11 is 0. The minimum Gasteiger partial charge on any atom is -0.496 e. The second-order valence-corrected chi connectivity index (χ2v) is 5.43. The van der Waals surface area contributed by atoms with Crippen molar-refractivity contribution in [3.05, 3.63) is 29.8 Å². The molecule has 1 aromatic rings. The Morgan fingerprint density at radius 2 is 2.05 bits per heavy atom. The molecule has 0 aromatic heterocycles. The van der Waals surface area contributed by atoms with Crippen LogP contribution in [0.15, 0.2) is 24.3 Å². The molecule has 1 fully saturated rings. The molecule has 1 aliphatic rings. The molecule has 104 valence electrons. The summed E-state index contributed by atoms with van der Waals surface area (Å²) in [6, 6.07) is 8.09. The number of amides is 1. The van der Waals surface area contributed by atoms with Crippen LogP contribution in [-0.2, 0) is 4.79 Å². The molecule has 19 heavy (non-hydrogen) atoms. The maximum atomic E-state index is 11.8. The first-order chi connectivity index (χ1) is 9.04. The summed E-state index contributed by atoms with van der Waals surface area (Å²) in [4.78, 5) is 11.8. The molecule has 1 saturated heterocycles. The van der Waals surface area contributed by atoms with Crippen LogP contribution in [0.5, 0.6) is 5.75 Å². The summed E-state index contributed by atoms with van der Waals surface area (Å²) in [5, 5.41) is 3.49. The van der Waals surface area contributed by atoms with Gasteiger partial charge in [0.25, 0.3) is 0 Å². The van der Waals surface area contributed by atoms with E-state index in [1.807, 2.05) is 24.3 Å². The van der Waals surface area contributed by atoms with Gasteiger partial charge in [-0.05, 0) is 25.3 Å². The Morgan fingerprint density at radius 1 is 1.37 bits per heavy atom. The van der Waals surface area contributed by atoms with Crippen molar-refractivity contribution < 1.29 is 9.53 Å². The normalized spacial score (nSPS) is 30.9. The van der Waals surface area contributed by atoms with E-state index in [0.29, 0.717) is 6.04 Å². The number of hydrogen-bond acceptors (Lipinski definition) is 3. The number of nitrogens with two attached hydrogens (primary N) is 1. The van der Waals surface area contributed by atoms with Crippen LogP contribution in [-0.4, -0.2) is 19.1 Å². The van der Waals surface area contributed by atoms with Crippen molar-refractivity contribution in [2.75, 3.05) is 7.11 Å². The van der Waals surface area contributed by atoms with Crippen molar-refractivity contribution in [3.63, 3.8) is 0 Å². The van der Waals surface area contributed by atoms with Crippen LogP contribution in [0.2, 0.25) is 0 Å². The van der Waals surface area contributed by atoms with Gasteiger partial charge in [-0.3, -0.25) is 4.79 Å². The molecule has 4 heteroatoms. The molecule has 4 unspecified atom stereocenters. The zero-order valence-electron chi connectivity index (χ0n) is 11.7. The van der Waals surface area contributed by atoms with Gasteiger partial charge in [-0.25, -0.2) is 0 Å². The number of benzene rings is 1. The van der Waals surface area contributed by atoms with Gasteiger partial charge in [0, 0.05) is 17.6 Å². The topological polar surface area (TPSA) is 64.3 Å². The molecule has 3 N–H and O–H groups in total. The van der Waals surface area contributed by atoms with E-state index in [0.717, 1.165) is 17.7 Å². The van der Waals surface area contributed by atoms with Gasteiger partial charge in [-0.15, -0.1) is 0 Å². The number of nitrogens with one attached hydrogen (secondary N) is 1. The van der Waals surface area contributed by atoms with Crippen molar-refractivity contribution in [1.82, 2.24) is 5.32 Å². The highest BCUT2D eigenvalue weighted by Gasteiger charge is 2.39. The molecule has 2 rings (SSSR count). The molecule has 4 nitrogen and oxygen atoms in total. The number of piperidine rings is 1. The number of rotatable bonds is 3. The third kappa shape index (κ3) is 2.73. The summed E-state index contributed by atoms with van der Waals surface area (Å²) in [5.41, 5.74) is 6.61. The average Bonchev–Trinajstić information content (AvgIpc) is 2.37. The minimum absolute atomic E-state index is 0.0765. The van der Waals surface area contributed by atoms with Crippen LogP contribution >= 0.6 is 0 Å². The summed E-state index contributed by atoms with van der Waals surface area (Å²) in [7, 11) is 1.65. The maximum Gasteiger partial charge on any atom is 0.222 e. The molecule has 0 radical (unpaired) electrons.